The SMILES string of the molecule is OCc1c(-c2ccccc2)c(Cl)nc2[nH]c3ccccc3c12. The number of nitrogens with zero attached hydrogens (tertiary/aromatic N) is 1. The molecule has 2 heterocycles. The second-order valence-corrected chi connectivity index (χ2v) is 5.53. The van der Waals surface area contributed by atoms with Crippen molar-refractivity contribution in [1.82, 2.24) is 9.97 Å². The van der Waals surface area contributed by atoms with Gasteiger partial charge in [-0.3, -0.25) is 0 Å². The Morgan fingerprint density at radius 3 is 2.50 bits per heavy atom. The van der Waals surface area contributed by atoms with Crippen LogP contribution in [-0.4, -0.2) is 15.1 Å². The van der Waals surface area contributed by atoms with Crippen LogP contribution in [0.3, 0.4) is 0 Å². The third-order valence-electron chi connectivity index (χ3n) is 3.93. The summed E-state index contributed by atoms with van der Waals surface area (Å²) in [6.07, 6.45) is 0. The van der Waals surface area contributed by atoms with Crippen LogP contribution in [0.1, 0.15) is 5.56 Å². The molecule has 0 radical (unpaired) electrons. The van der Waals surface area contributed by atoms with Gasteiger partial charge in [-0.15, -0.1) is 0 Å². The molecule has 0 atom stereocenters. The largest absolute Gasteiger partial charge is 0.392 e. The molecule has 0 saturated carbocycles. The molecule has 0 aliphatic heterocycles. The van der Waals surface area contributed by atoms with Crippen molar-refractivity contribution in [2.24, 2.45) is 0 Å². The van der Waals surface area contributed by atoms with E-state index in [0.717, 1.165) is 33.0 Å². The Bertz CT molecular complexity index is 977. The summed E-state index contributed by atoms with van der Waals surface area (Å²) in [6.45, 7) is -0.0924. The van der Waals surface area contributed by atoms with Crippen LogP contribution < -0.4 is 0 Å². The van der Waals surface area contributed by atoms with E-state index in [-0.39, 0.29) is 6.61 Å². The molecule has 4 heteroatoms. The van der Waals surface area contributed by atoms with Gasteiger partial charge in [0.25, 0.3) is 0 Å². The Hall–Kier alpha value is -2.36. The van der Waals surface area contributed by atoms with Gasteiger partial charge in [0.05, 0.1) is 6.61 Å². The normalized spacial score (nSPS) is 11.4. The van der Waals surface area contributed by atoms with Gasteiger partial charge in [0.15, 0.2) is 0 Å². The molecule has 22 heavy (non-hydrogen) atoms. The summed E-state index contributed by atoms with van der Waals surface area (Å²) >= 11 is 6.41. The fourth-order valence-corrected chi connectivity index (χ4v) is 3.28. The third kappa shape index (κ3) is 1.90. The maximum absolute atomic E-state index is 9.98. The first-order chi connectivity index (χ1) is 10.8. The summed E-state index contributed by atoms with van der Waals surface area (Å²) in [4.78, 5) is 7.76. The first-order valence-electron chi connectivity index (χ1n) is 7.04. The van der Waals surface area contributed by atoms with Crippen LogP contribution in [0.15, 0.2) is 54.6 Å². The number of fused-ring (bicyclic) bond motifs is 3. The predicted molar refractivity (Wildman–Crippen MR) is 90.0 cm³/mol. The summed E-state index contributed by atoms with van der Waals surface area (Å²) < 4.78 is 0. The van der Waals surface area contributed by atoms with Gasteiger partial charge >= 0.3 is 0 Å². The number of hydrogen-bond acceptors (Lipinski definition) is 2. The smallest absolute Gasteiger partial charge is 0.140 e. The van der Waals surface area contributed by atoms with Crippen molar-refractivity contribution in [1.29, 1.82) is 0 Å². The summed E-state index contributed by atoms with van der Waals surface area (Å²) in [6, 6.07) is 17.8. The lowest BCUT2D eigenvalue weighted by atomic mass is 9.98. The van der Waals surface area contributed by atoms with Crippen molar-refractivity contribution >= 4 is 33.5 Å². The van der Waals surface area contributed by atoms with Crippen LogP contribution in [0.4, 0.5) is 0 Å². The molecule has 0 aliphatic rings. The number of para-hydroxylation sites is 1. The van der Waals surface area contributed by atoms with E-state index in [1.807, 2.05) is 54.6 Å². The highest BCUT2D eigenvalue weighted by Crippen LogP contribution is 2.37. The van der Waals surface area contributed by atoms with Gasteiger partial charge < -0.3 is 10.1 Å². The molecular formula is C18H13ClN2O. The zero-order valence-corrected chi connectivity index (χ0v) is 12.4. The van der Waals surface area contributed by atoms with E-state index in [4.69, 9.17) is 11.6 Å². The average Bonchev–Trinajstić information content (AvgIpc) is 2.92. The molecule has 2 aromatic carbocycles. The monoisotopic (exact) mass is 308 g/mol. The van der Waals surface area contributed by atoms with Gasteiger partial charge in [-0.2, -0.15) is 0 Å². The molecule has 2 aromatic heterocycles. The molecule has 0 fully saturated rings. The number of hydrogen-bond donors (Lipinski definition) is 2. The van der Waals surface area contributed by atoms with Crippen LogP contribution in [0.25, 0.3) is 33.1 Å². The highest BCUT2D eigenvalue weighted by Gasteiger charge is 2.18. The van der Waals surface area contributed by atoms with Crippen LogP contribution in [0.5, 0.6) is 0 Å². The number of aromatic nitrogens is 2. The van der Waals surface area contributed by atoms with E-state index in [9.17, 15) is 5.11 Å². The van der Waals surface area contributed by atoms with Gasteiger partial charge in [0, 0.05) is 21.9 Å². The Morgan fingerprint density at radius 2 is 1.73 bits per heavy atom. The molecule has 0 amide bonds. The van der Waals surface area contributed by atoms with Gasteiger partial charge in [0.2, 0.25) is 0 Å². The maximum Gasteiger partial charge on any atom is 0.140 e. The minimum absolute atomic E-state index is 0.0924. The molecule has 3 nitrogen and oxygen atoms in total. The quantitative estimate of drug-likeness (QED) is 0.535. The zero-order valence-electron chi connectivity index (χ0n) is 11.7. The molecule has 108 valence electrons. The topological polar surface area (TPSA) is 48.9 Å². The van der Waals surface area contributed by atoms with Gasteiger partial charge in [-0.1, -0.05) is 60.1 Å². The number of aliphatic hydroxyl groups is 1. The van der Waals surface area contributed by atoms with E-state index >= 15 is 0 Å². The number of aliphatic hydroxyl groups excluding tert-OH is 1. The molecule has 2 N–H and O–H groups in total. The Balaban J connectivity index is 2.17. The molecular weight excluding hydrogens is 296 g/mol. The van der Waals surface area contributed by atoms with E-state index in [0.29, 0.717) is 10.8 Å². The van der Waals surface area contributed by atoms with Crippen molar-refractivity contribution in [2.45, 2.75) is 6.61 Å². The number of aromatic amines is 1. The standard InChI is InChI=1S/C18H13ClN2O/c19-17-15(11-6-2-1-3-7-11)13(10-22)16-12-8-4-5-9-14(12)20-18(16)21-17/h1-9,22H,10H2,(H,20,21). The van der Waals surface area contributed by atoms with Gasteiger partial charge in [-0.25, -0.2) is 4.98 Å². The fourth-order valence-electron chi connectivity index (χ4n) is 2.98. The van der Waals surface area contributed by atoms with E-state index < -0.39 is 0 Å². The van der Waals surface area contributed by atoms with Crippen molar-refractivity contribution < 1.29 is 5.11 Å². The van der Waals surface area contributed by atoms with Crippen molar-refractivity contribution in [3.8, 4) is 11.1 Å². The molecule has 0 unspecified atom stereocenters. The average molecular weight is 309 g/mol. The number of H-pyrrole nitrogens is 1. The van der Waals surface area contributed by atoms with Crippen LogP contribution in [-0.2, 0) is 6.61 Å². The molecule has 4 aromatic rings. The second-order valence-electron chi connectivity index (χ2n) is 5.17. The Kier molecular flexibility index (Phi) is 3.10. The lowest BCUT2D eigenvalue weighted by molar-refractivity contribution is 0.284. The Morgan fingerprint density at radius 1 is 1.00 bits per heavy atom. The van der Waals surface area contributed by atoms with Crippen molar-refractivity contribution in [3.05, 3.63) is 65.3 Å². The summed E-state index contributed by atoms with van der Waals surface area (Å²) in [5, 5.41) is 12.4. The number of nitrogens with one attached hydrogen (secondary N) is 1. The molecule has 0 spiro atoms. The van der Waals surface area contributed by atoms with Crippen molar-refractivity contribution in [3.63, 3.8) is 0 Å². The first kappa shape index (κ1) is 13.3. The van der Waals surface area contributed by atoms with E-state index in [1.165, 1.54) is 0 Å². The molecule has 0 saturated heterocycles. The van der Waals surface area contributed by atoms with Gasteiger partial charge in [0.1, 0.15) is 10.8 Å². The predicted octanol–water partition coefficient (Wildman–Crippen LogP) is 4.53. The van der Waals surface area contributed by atoms with Crippen LogP contribution in [0.2, 0.25) is 5.15 Å². The maximum atomic E-state index is 9.98. The van der Waals surface area contributed by atoms with Crippen LogP contribution in [0, 0.1) is 0 Å². The summed E-state index contributed by atoms with van der Waals surface area (Å²) in [5.41, 5.74) is 4.24. The van der Waals surface area contributed by atoms with E-state index in [1.54, 1.807) is 0 Å². The van der Waals surface area contributed by atoms with Crippen molar-refractivity contribution in [2.75, 3.05) is 0 Å². The number of benzene rings is 2. The first-order valence-corrected chi connectivity index (χ1v) is 7.42. The number of halogens is 1. The zero-order chi connectivity index (χ0) is 15.1. The fraction of sp³-hybridized carbons (Fsp3) is 0.0556. The van der Waals surface area contributed by atoms with Gasteiger partial charge in [-0.05, 0) is 17.2 Å². The Labute approximate surface area is 132 Å². The summed E-state index contributed by atoms with van der Waals surface area (Å²) in [5.74, 6) is 0. The lowest BCUT2D eigenvalue weighted by Crippen LogP contribution is -1.95. The highest BCUT2D eigenvalue weighted by atomic mass is 35.5. The molecule has 0 aliphatic carbocycles. The van der Waals surface area contributed by atoms with E-state index in [2.05, 4.69) is 9.97 Å². The lowest BCUT2D eigenvalue weighted by Gasteiger charge is -2.11. The minimum atomic E-state index is -0.0924. The molecule has 0 bridgehead atoms. The van der Waals surface area contributed by atoms with Crippen LogP contribution >= 0.6 is 11.6 Å². The highest BCUT2D eigenvalue weighted by molar-refractivity contribution is 6.33. The number of rotatable bonds is 2. The molecule has 4 rings (SSSR count). The minimum Gasteiger partial charge on any atom is -0.392 e. The third-order valence-corrected chi connectivity index (χ3v) is 4.20. The summed E-state index contributed by atoms with van der Waals surface area (Å²) in [7, 11) is 0. The number of pyridine rings is 1. The second kappa shape index (κ2) is 5.13.